The molecule has 90 valence electrons. The van der Waals surface area contributed by atoms with Crippen molar-refractivity contribution in [3.8, 4) is 0 Å². The maximum absolute atomic E-state index is 5.82. The highest BCUT2D eigenvalue weighted by Gasteiger charge is 2.12. The van der Waals surface area contributed by atoms with E-state index < -0.39 is 0 Å². The highest BCUT2D eigenvalue weighted by Crippen LogP contribution is 2.25. The van der Waals surface area contributed by atoms with Crippen LogP contribution in [0.3, 0.4) is 0 Å². The molecule has 16 heavy (non-hydrogen) atoms. The van der Waals surface area contributed by atoms with Gasteiger partial charge in [-0.05, 0) is 30.9 Å². The lowest BCUT2D eigenvalue weighted by atomic mass is 10.1. The van der Waals surface area contributed by atoms with Crippen LogP contribution in [0.5, 0.6) is 0 Å². The second-order valence-corrected chi connectivity index (χ2v) is 4.72. The minimum absolute atomic E-state index is 0.617. The summed E-state index contributed by atoms with van der Waals surface area (Å²) < 4.78 is 0. The smallest absolute Gasteiger partial charge is 0.0441 e. The number of nitrogens with zero attached hydrogens (tertiary/aromatic N) is 1. The molecule has 0 amide bonds. The van der Waals surface area contributed by atoms with Crippen LogP contribution >= 0.6 is 0 Å². The first kappa shape index (κ1) is 13.0. The predicted molar refractivity (Wildman–Crippen MR) is 71.8 cm³/mol. The predicted octanol–water partition coefficient (Wildman–Crippen LogP) is 2.94. The zero-order valence-electron chi connectivity index (χ0n) is 11.0. The van der Waals surface area contributed by atoms with Crippen molar-refractivity contribution in [2.45, 2.75) is 34.2 Å². The zero-order valence-corrected chi connectivity index (χ0v) is 11.0. The largest absolute Gasteiger partial charge is 0.371 e. The van der Waals surface area contributed by atoms with Crippen LogP contribution in [0.2, 0.25) is 0 Å². The van der Waals surface area contributed by atoms with E-state index in [0.717, 1.165) is 13.1 Å². The van der Waals surface area contributed by atoms with Gasteiger partial charge in [0.15, 0.2) is 0 Å². The van der Waals surface area contributed by atoms with Crippen molar-refractivity contribution in [2.75, 3.05) is 18.0 Å². The molecule has 1 aromatic carbocycles. The molecule has 2 N–H and O–H groups in total. The second kappa shape index (κ2) is 5.90. The van der Waals surface area contributed by atoms with Crippen LogP contribution in [0.4, 0.5) is 5.69 Å². The Bertz CT molecular complexity index is 332. The lowest BCUT2D eigenvalue weighted by molar-refractivity contribution is 0.616. The summed E-state index contributed by atoms with van der Waals surface area (Å²) >= 11 is 0. The third-order valence-corrected chi connectivity index (χ3v) is 2.82. The molecule has 0 bridgehead atoms. The number of hydrogen-bond donors (Lipinski definition) is 1. The van der Waals surface area contributed by atoms with Crippen LogP contribution in [-0.2, 0) is 6.54 Å². The van der Waals surface area contributed by atoms with E-state index in [4.69, 9.17) is 5.73 Å². The van der Waals surface area contributed by atoms with Gasteiger partial charge >= 0.3 is 0 Å². The van der Waals surface area contributed by atoms with Gasteiger partial charge in [-0.25, -0.2) is 0 Å². The van der Waals surface area contributed by atoms with Gasteiger partial charge in [0.1, 0.15) is 0 Å². The molecular weight excluding hydrogens is 196 g/mol. The Morgan fingerprint density at radius 3 is 2.50 bits per heavy atom. The van der Waals surface area contributed by atoms with Crippen molar-refractivity contribution in [3.63, 3.8) is 0 Å². The molecule has 0 radical (unpaired) electrons. The fraction of sp³-hybridized carbons (Fsp3) is 0.571. The Kier molecular flexibility index (Phi) is 4.81. The van der Waals surface area contributed by atoms with Crippen molar-refractivity contribution >= 4 is 5.69 Å². The summed E-state index contributed by atoms with van der Waals surface area (Å²) in [4.78, 5) is 2.43. The fourth-order valence-corrected chi connectivity index (χ4v) is 2.16. The standard InChI is InChI=1S/C14H24N2/c1-5-16(10-11(2)3)14-12(4)7-6-8-13(14)9-15/h6-8,11H,5,9-10,15H2,1-4H3. The summed E-state index contributed by atoms with van der Waals surface area (Å²) in [6, 6.07) is 6.38. The van der Waals surface area contributed by atoms with Crippen LogP contribution < -0.4 is 10.6 Å². The average molecular weight is 220 g/mol. The molecule has 0 spiro atoms. The molecule has 1 aromatic rings. The summed E-state index contributed by atoms with van der Waals surface area (Å²) in [6.45, 7) is 11.6. The Morgan fingerprint density at radius 1 is 1.31 bits per heavy atom. The highest BCUT2D eigenvalue weighted by molar-refractivity contribution is 5.59. The van der Waals surface area contributed by atoms with Gasteiger partial charge in [0.05, 0.1) is 0 Å². The van der Waals surface area contributed by atoms with Crippen LogP contribution in [0.1, 0.15) is 31.9 Å². The van der Waals surface area contributed by atoms with E-state index in [2.05, 4.69) is 50.8 Å². The van der Waals surface area contributed by atoms with Crippen LogP contribution in [0.25, 0.3) is 0 Å². The van der Waals surface area contributed by atoms with Gasteiger partial charge in [-0.2, -0.15) is 0 Å². The maximum Gasteiger partial charge on any atom is 0.0441 e. The molecule has 0 saturated heterocycles. The van der Waals surface area contributed by atoms with Gasteiger partial charge in [-0.3, -0.25) is 0 Å². The lowest BCUT2D eigenvalue weighted by Gasteiger charge is -2.29. The number of nitrogens with two attached hydrogens (primary N) is 1. The molecule has 0 aliphatic carbocycles. The van der Waals surface area contributed by atoms with Crippen LogP contribution in [0.15, 0.2) is 18.2 Å². The number of anilines is 1. The molecule has 0 unspecified atom stereocenters. The first-order chi connectivity index (χ1) is 7.60. The summed E-state index contributed by atoms with van der Waals surface area (Å²) in [5, 5.41) is 0. The molecule has 2 nitrogen and oxygen atoms in total. The third kappa shape index (κ3) is 2.99. The van der Waals surface area contributed by atoms with E-state index in [1.807, 2.05) is 0 Å². The molecule has 0 atom stereocenters. The normalized spacial score (nSPS) is 10.9. The Morgan fingerprint density at radius 2 is 2.00 bits per heavy atom. The number of benzene rings is 1. The molecule has 0 aliphatic rings. The Labute approximate surface area is 99.5 Å². The highest BCUT2D eigenvalue weighted by atomic mass is 15.1. The van der Waals surface area contributed by atoms with Gasteiger partial charge in [0, 0.05) is 25.3 Å². The van der Waals surface area contributed by atoms with Gasteiger partial charge in [-0.15, -0.1) is 0 Å². The van der Waals surface area contributed by atoms with Gasteiger partial charge in [0.2, 0.25) is 0 Å². The Balaban J connectivity index is 3.07. The summed E-state index contributed by atoms with van der Waals surface area (Å²) in [5.41, 5.74) is 9.73. The monoisotopic (exact) mass is 220 g/mol. The lowest BCUT2D eigenvalue weighted by Crippen LogP contribution is -2.29. The van der Waals surface area contributed by atoms with Crippen molar-refractivity contribution < 1.29 is 0 Å². The SMILES string of the molecule is CCN(CC(C)C)c1c(C)cccc1CN. The minimum atomic E-state index is 0.617. The van der Waals surface area contributed by atoms with E-state index in [1.54, 1.807) is 0 Å². The van der Waals surface area contributed by atoms with Crippen molar-refractivity contribution in [1.29, 1.82) is 0 Å². The third-order valence-electron chi connectivity index (χ3n) is 2.82. The van der Waals surface area contributed by atoms with Crippen molar-refractivity contribution in [3.05, 3.63) is 29.3 Å². The topological polar surface area (TPSA) is 29.3 Å². The first-order valence-corrected chi connectivity index (χ1v) is 6.13. The number of aryl methyl sites for hydroxylation is 1. The molecule has 2 heteroatoms. The fourth-order valence-electron chi connectivity index (χ4n) is 2.16. The van der Waals surface area contributed by atoms with Gasteiger partial charge < -0.3 is 10.6 Å². The second-order valence-electron chi connectivity index (χ2n) is 4.72. The minimum Gasteiger partial charge on any atom is -0.371 e. The average Bonchev–Trinajstić information content (AvgIpc) is 2.25. The molecule has 0 aliphatic heterocycles. The summed E-state index contributed by atoms with van der Waals surface area (Å²) in [5.74, 6) is 0.671. The molecule has 0 aromatic heterocycles. The molecule has 0 fully saturated rings. The quantitative estimate of drug-likeness (QED) is 0.826. The molecule has 0 heterocycles. The molecule has 0 saturated carbocycles. The maximum atomic E-state index is 5.82. The molecular formula is C14H24N2. The van der Waals surface area contributed by atoms with E-state index in [0.29, 0.717) is 12.5 Å². The zero-order chi connectivity index (χ0) is 12.1. The van der Waals surface area contributed by atoms with E-state index in [1.165, 1.54) is 16.8 Å². The Hall–Kier alpha value is -1.02. The van der Waals surface area contributed by atoms with E-state index in [-0.39, 0.29) is 0 Å². The summed E-state index contributed by atoms with van der Waals surface area (Å²) in [7, 11) is 0. The number of hydrogen-bond acceptors (Lipinski definition) is 2. The van der Waals surface area contributed by atoms with Crippen LogP contribution in [0, 0.1) is 12.8 Å². The number of para-hydroxylation sites is 1. The van der Waals surface area contributed by atoms with Crippen molar-refractivity contribution in [1.82, 2.24) is 0 Å². The van der Waals surface area contributed by atoms with E-state index >= 15 is 0 Å². The van der Waals surface area contributed by atoms with E-state index in [9.17, 15) is 0 Å². The summed E-state index contributed by atoms with van der Waals surface area (Å²) in [6.07, 6.45) is 0. The van der Waals surface area contributed by atoms with Gasteiger partial charge in [0.25, 0.3) is 0 Å². The molecule has 1 rings (SSSR count). The number of rotatable bonds is 5. The van der Waals surface area contributed by atoms with Crippen LogP contribution in [-0.4, -0.2) is 13.1 Å². The first-order valence-electron chi connectivity index (χ1n) is 6.13. The van der Waals surface area contributed by atoms with Crippen molar-refractivity contribution in [2.24, 2.45) is 11.7 Å². The van der Waals surface area contributed by atoms with Gasteiger partial charge in [-0.1, -0.05) is 32.0 Å².